The van der Waals surface area contributed by atoms with Crippen LogP contribution in [0.3, 0.4) is 0 Å². The largest absolute Gasteiger partial charge is 0.503 e. The molecule has 1 aromatic carbocycles. The first kappa shape index (κ1) is 19.0. The number of carbonyl (C=O) groups excluding carboxylic acids is 2. The Kier molecular flexibility index (Phi) is 5.85. The van der Waals surface area contributed by atoms with Crippen molar-refractivity contribution in [3.05, 3.63) is 45.6 Å². The summed E-state index contributed by atoms with van der Waals surface area (Å²) in [5.41, 5.74) is 0.477. The minimum Gasteiger partial charge on any atom is -0.503 e. The second-order valence-electron chi connectivity index (χ2n) is 6.71. The summed E-state index contributed by atoms with van der Waals surface area (Å²) in [4.78, 5) is 25.3. The number of thiophene rings is 1. The first-order valence-electron chi connectivity index (χ1n) is 8.02. The number of aromatic hydroxyl groups is 1. The Morgan fingerprint density at radius 1 is 1.16 bits per heavy atom. The highest BCUT2D eigenvalue weighted by atomic mass is 32.1. The van der Waals surface area contributed by atoms with Crippen molar-refractivity contribution < 1.29 is 19.4 Å². The summed E-state index contributed by atoms with van der Waals surface area (Å²) in [5.74, 6) is -0.798. The Balaban J connectivity index is 2.14. The van der Waals surface area contributed by atoms with Crippen LogP contribution in [0.15, 0.2) is 30.3 Å². The van der Waals surface area contributed by atoms with Gasteiger partial charge in [-0.2, -0.15) is 0 Å². The van der Waals surface area contributed by atoms with Crippen LogP contribution in [0.1, 0.15) is 45.7 Å². The first-order chi connectivity index (χ1) is 11.8. The number of amides is 1. The van der Waals surface area contributed by atoms with Crippen molar-refractivity contribution in [3.8, 4) is 11.5 Å². The van der Waals surface area contributed by atoms with Crippen LogP contribution in [0, 0.1) is 5.41 Å². The van der Waals surface area contributed by atoms with Gasteiger partial charge in [0.2, 0.25) is 0 Å². The lowest BCUT2D eigenvalue weighted by Gasteiger charge is -2.15. The number of methoxy groups -OCH3 is 1. The van der Waals surface area contributed by atoms with Gasteiger partial charge in [0.05, 0.1) is 7.11 Å². The van der Waals surface area contributed by atoms with Crippen LogP contribution in [0.4, 0.5) is 0 Å². The summed E-state index contributed by atoms with van der Waals surface area (Å²) < 4.78 is 5.16. The molecule has 0 saturated carbocycles. The summed E-state index contributed by atoms with van der Waals surface area (Å²) in [6.45, 7) is 5.78. The fourth-order valence-corrected chi connectivity index (χ4v) is 3.52. The number of hydrogen-bond donors (Lipinski definition) is 2. The Labute approximate surface area is 151 Å². The van der Waals surface area contributed by atoms with Crippen LogP contribution in [-0.2, 0) is 6.42 Å². The number of ether oxygens (including phenoxy) is 1. The third-order valence-electron chi connectivity index (χ3n) is 3.68. The summed E-state index contributed by atoms with van der Waals surface area (Å²) in [7, 11) is 1.37. The van der Waals surface area contributed by atoms with Crippen molar-refractivity contribution in [1.82, 2.24) is 5.32 Å². The molecule has 0 spiro atoms. The van der Waals surface area contributed by atoms with Crippen LogP contribution < -0.4 is 10.1 Å². The summed E-state index contributed by atoms with van der Waals surface area (Å²) in [5, 5.41) is 13.1. The molecule has 1 amide bonds. The highest BCUT2D eigenvalue weighted by Crippen LogP contribution is 2.43. The second-order valence-corrected chi connectivity index (χ2v) is 7.73. The predicted octanol–water partition coefficient (Wildman–Crippen LogP) is 3.66. The van der Waals surface area contributed by atoms with Gasteiger partial charge >= 0.3 is 0 Å². The quantitative estimate of drug-likeness (QED) is 0.770. The van der Waals surface area contributed by atoms with Crippen molar-refractivity contribution in [1.29, 1.82) is 0 Å². The van der Waals surface area contributed by atoms with E-state index in [4.69, 9.17) is 4.74 Å². The van der Waals surface area contributed by atoms with Gasteiger partial charge in [0.25, 0.3) is 5.91 Å². The molecule has 0 unspecified atom stereocenters. The molecule has 5 nitrogen and oxygen atoms in total. The van der Waals surface area contributed by atoms with E-state index in [1.54, 1.807) is 20.8 Å². The molecule has 0 aliphatic carbocycles. The molecule has 1 aromatic heterocycles. The topological polar surface area (TPSA) is 75.6 Å². The summed E-state index contributed by atoms with van der Waals surface area (Å²) in [6, 6.07) is 9.79. The number of benzene rings is 1. The van der Waals surface area contributed by atoms with Gasteiger partial charge in [-0.25, -0.2) is 0 Å². The Hall–Kier alpha value is -2.34. The van der Waals surface area contributed by atoms with E-state index in [0.29, 0.717) is 13.0 Å². The maximum atomic E-state index is 12.5. The Morgan fingerprint density at radius 3 is 2.36 bits per heavy atom. The van der Waals surface area contributed by atoms with E-state index < -0.39 is 11.3 Å². The smallest absolute Gasteiger partial charge is 0.265 e. The Morgan fingerprint density at radius 2 is 1.80 bits per heavy atom. The minimum atomic E-state index is -0.633. The van der Waals surface area contributed by atoms with Crippen LogP contribution >= 0.6 is 11.3 Å². The van der Waals surface area contributed by atoms with Crippen LogP contribution in [0.25, 0.3) is 0 Å². The summed E-state index contributed by atoms with van der Waals surface area (Å²) >= 11 is 0.963. The van der Waals surface area contributed by atoms with E-state index in [9.17, 15) is 14.7 Å². The number of Topliss-reactive ketones (excluding diaryl/α,β-unsaturated/α-hetero) is 1. The highest BCUT2D eigenvalue weighted by molar-refractivity contribution is 7.16. The zero-order valence-corrected chi connectivity index (χ0v) is 15.7. The molecule has 0 radical (unpaired) electrons. The number of hydrogen-bond acceptors (Lipinski definition) is 5. The van der Waals surface area contributed by atoms with Gasteiger partial charge in [-0.3, -0.25) is 9.59 Å². The molecule has 6 heteroatoms. The van der Waals surface area contributed by atoms with E-state index in [1.807, 2.05) is 30.3 Å². The number of carbonyl (C=O) groups is 2. The van der Waals surface area contributed by atoms with Crippen molar-refractivity contribution in [2.45, 2.75) is 27.2 Å². The van der Waals surface area contributed by atoms with Crippen molar-refractivity contribution in [2.75, 3.05) is 13.7 Å². The molecular formula is C19H23NO4S. The Bertz CT molecular complexity index is 760. The molecule has 0 aliphatic rings. The molecule has 25 heavy (non-hydrogen) atoms. The van der Waals surface area contributed by atoms with Gasteiger partial charge in [-0.1, -0.05) is 51.1 Å². The lowest BCUT2D eigenvalue weighted by atomic mass is 9.90. The molecule has 0 bridgehead atoms. The monoisotopic (exact) mass is 361 g/mol. The first-order valence-corrected chi connectivity index (χ1v) is 8.84. The van der Waals surface area contributed by atoms with Crippen molar-refractivity contribution >= 4 is 23.0 Å². The number of rotatable bonds is 6. The van der Waals surface area contributed by atoms with E-state index in [0.717, 1.165) is 16.9 Å². The van der Waals surface area contributed by atoms with Gasteiger partial charge in [0.1, 0.15) is 9.75 Å². The highest BCUT2D eigenvalue weighted by Gasteiger charge is 2.32. The average molecular weight is 361 g/mol. The molecule has 0 fully saturated rings. The molecule has 2 aromatic rings. The van der Waals surface area contributed by atoms with E-state index in [2.05, 4.69) is 5.32 Å². The molecule has 2 rings (SSSR count). The molecule has 2 N–H and O–H groups in total. The number of nitrogens with one attached hydrogen (secondary N) is 1. The van der Waals surface area contributed by atoms with E-state index in [1.165, 1.54) is 7.11 Å². The van der Waals surface area contributed by atoms with Gasteiger partial charge in [-0.05, 0) is 12.0 Å². The fourth-order valence-electron chi connectivity index (χ4n) is 2.29. The molecule has 0 atom stereocenters. The predicted molar refractivity (Wildman–Crippen MR) is 98.8 cm³/mol. The van der Waals surface area contributed by atoms with Crippen molar-refractivity contribution in [3.63, 3.8) is 0 Å². The molecule has 0 saturated heterocycles. The third-order valence-corrected chi connectivity index (χ3v) is 4.84. The molecular weight excluding hydrogens is 338 g/mol. The van der Waals surface area contributed by atoms with E-state index in [-0.39, 0.29) is 27.0 Å². The maximum absolute atomic E-state index is 12.5. The SMILES string of the molecule is COc1c(C(=O)C(C)(C)C)sc(C(=O)NCCc2ccccc2)c1O. The third kappa shape index (κ3) is 4.39. The zero-order valence-electron chi connectivity index (χ0n) is 14.9. The molecule has 0 aliphatic heterocycles. The lowest BCUT2D eigenvalue weighted by Crippen LogP contribution is -2.25. The zero-order chi connectivity index (χ0) is 18.6. The molecule has 134 valence electrons. The van der Waals surface area contributed by atoms with Gasteiger partial charge in [0, 0.05) is 12.0 Å². The number of ketones is 1. The second kappa shape index (κ2) is 7.70. The minimum absolute atomic E-state index is 0.0677. The van der Waals surface area contributed by atoms with E-state index >= 15 is 0 Å². The van der Waals surface area contributed by atoms with Crippen LogP contribution in [-0.4, -0.2) is 30.5 Å². The molecule has 1 heterocycles. The van der Waals surface area contributed by atoms with Crippen LogP contribution in [0.2, 0.25) is 0 Å². The maximum Gasteiger partial charge on any atom is 0.265 e. The van der Waals surface area contributed by atoms with Crippen molar-refractivity contribution in [2.24, 2.45) is 5.41 Å². The van der Waals surface area contributed by atoms with Gasteiger partial charge in [-0.15, -0.1) is 11.3 Å². The average Bonchev–Trinajstić information content (AvgIpc) is 2.90. The standard InChI is InChI=1S/C19H23NO4S/c1-19(2,3)17(22)16-14(24-4)13(21)15(25-16)18(23)20-11-10-12-8-6-5-7-9-12/h5-9,21H,10-11H2,1-4H3,(H,20,23). The summed E-state index contributed by atoms with van der Waals surface area (Å²) in [6.07, 6.45) is 0.684. The van der Waals surface area contributed by atoms with Gasteiger partial charge in [0.15, 0.2) is 17.3 Å². The lowest BCUT2D eigenvalue weighted by molar-refractivity contribution is 0.0859. The normalized spacial score (nSPS) is 11.2. The van der Waals surface area contributed by atoms with Crippen LogP contribution in [0.5, 0.6) is 11.5 Å². The van der Waals surface area contributed by atoms with Gasteiger partial charge < -0.3 is 15.2 Å². The fraction of sp³-hybridized carbons (Fsp3) is 0.368.